The van der Waals surface area contributed by atoms with E-state index in [9.17, 15) is 9.59 Å². The molecule has 1 N–H and O–H groups in total. The number of rotatable bonds is 3. The maximum Gasteiger partial charge on any atom is 0.259 e. The Hall–Kier alpha value is -2.62. The number of nitrogens with one attached hydrogen (secondary N) is 1. The lowest BCUT2D eigenvalue weighted by Gasteiger charge is -2.26. The number of hydrogen-bond donors (Lipinski definition) is 1. The van der Waals surface area contributed by atoms with Crippen LogP contribution in [0, 0.1) is 13.8 Å². The van der Waals surface area contributed by atoms with Crippen molar-refractivity contribution in [2.24, 2.45) is 0 Å². The van der Waals surface area contributed by atoms with E-state index in [1.165, 1.54) is 5.56 Å². The van der Waals surface area contributed by atoms with Crippen molar-refractivity contribution in [1.29, 1.82) is 0 Å². The minimum atomic E-state index is -0.596. The number of benzene rings is 2. The van der Waals surface area contributed by atoms with Crippen molar-refractivity contribution < 1.29 is 9.59 Å². The molecule has 4 heteroatoms. The van der Waals surface area contributed by atoms with Crippen LogP contribution in [0.2, 0.25) is 0 Å². The summed E-state index contributed by atoms with van der Waals surface area (Å²) in [6.07, 6.45) is 4.37. The van der Waals surface area contributed by atoms with Gasteiger partial charge in [0.05, 0.1) is 0 Å². The van der Waals surface area contributed by atoms with Crippen LogP contribution in [0.3, 0.4) is 0 Å². The number of carbonyl (C=O) groups is 2. The van der Waals surface area contributed by atoms with Crippen molar-refractivity contribution in [2.45, 2.75) is 51.6 Å². The second kappa shape index (κ2) is 6.60. The SMILES string of the molecule is Cc1ccc(N2C(=O)c3ccccc3[C@@H]2C(=O)NC2CCCC2)cc1C. The van der Waals surface area contributed by atoms with Crippen LogP contribution in [0.15, 0.2) is 42.5 Å². The van der Waals surface area contributed by atoms with E-state index in [1.807, 2.05) is 56.3 Å². The Bertz CT molecular complexity index is 868. The summed E-state index contributed by atoms with van der Waals surface area (Å²) in [4.78, 5) is 27.9. The minimum Gasteiger partial charge on any atom is -0.351 e. The van der Waals surface area contributed by atoms with Crippen LogP contribution in [-0.4, -0.2) is 17.9 Å². The van der Waals surface area contributed by atoms with Crippen molar-refractivity contribution in [3.8, 4) is 0 Å². The molecular weight excluding hydrogens is 324 g/mol. The van der Waals surface area contributed by atoms with Gasteiger partial charge in [0.15, 0.2) is 0 Å². The van der Waals surface area contributed by atoms with Gasteiger partial charge in [-0.1, -0.05) is 37.1 Å². The Kier molecular flexibility index (Phi) is 4.27. The Balaban J connectivity index is 1.74. The summed E-state index contributed by atoms with van der Waals surface area (Å²) in [7, 11) is 0. The van der Waals surface area contributed by atoms with Gasteiger partial charge >= 0.3 is 0 Å². The summed E-state index contributed by atoms with van der Waals surface area (Å²) >= 11 is 0. The van der Waals surface area contributed by atoms with Gasteiger partial charge in [0, 0.05) is 17.3 Å². The third-order valence-corrected chi connectivity index (χ3v) is 5.68. The van der Waals surface area contributed by atoms with Gasteiger partial charge in [-0.3, -0.25) is 14.5 Å². The second-order valence-corrected chi connectivity index (χ2v) is 7.42. The molecule has 26 heavy (non-hydrogen) atoms. The topological polar surface area (TPSA) is 49.4 Å². The number of nitrogens with zero attached hydrogens (tertiary/aromatic N) is 1. The molecule has 2 aliphatic rings. The molecule has 4 nitrogen and oxygen atoms in total. The third-order valence-electron chi connectivity index (χ3n) is 5.68. The molecule has 2 aromatic carbocycles. The predicted molar refractivity (Wildman–Crippen MR) is 102 cm³/mol. The molecule has 0 spiro atoms. The first-order valence-corrected chi connectivity index (χ1v) is 9.36. The zero-order valence-corrected chi connectivity index (χ0v) is 15.3. The van der Waals surface area contributed by atoms with Crippen LogP contribution in [0.1, 0.15) is 58.8 Å². The lowest BCUT2D eigenvalue weighted by Crippen LogP contribution is -2.42. The molecule has 0 radical (unpaired) electrons. The summed E-state index contributed by atoms with van der Waals surface area (Å²) in [6.45, 7) is 4.07. The first-order valence-electron chi connectivity index (χ1n) is 9.36. The molecule has 0 bridgehead atoms. The number of carbonyl (C=O) groups excluding carboxylic acids is 2. The average Bonchev–Trinajstić information content (AvgIpc) is 3.24. The Labute approximate surface area is 154 Å². The molecule has 1 heterocycles. The smallest absolute Gasteiger partial charge is 0.259 e. The Morgan fingerprint density at radius 1 is 1.04 bits per heavy atom. The van der Waals surface area contributed by atoms with Crippen molar-refractivity contribution in [2.75, 3.05) is 4.90 Å². The summed E-state index contributed by atoms with van der Waals surface area (Å²) in [5.41, 5.74) is 4.48. The number of aryl methyl sites for hydroxylation is 2. The molecule has 0 saturated heterocycles. The van der Waals surface area contributed by atoms with Gasteiger partial charge in [-0.2, -0.15) is 0 Å². The zero-order valence-electron chi connectivity index (χ0n) is 15.3. The standard InChI is InChI=1S/C22H24N2O2/c1-14-11-12-17(13-15(14)2)24-20(21(25)23-16-7-3-4-8-16)18-9-5-6-10-19(18)22(24)26/h5-6,9-13,16,20H,3-4,7-8H2,1-2H3,(H,23,25)/t20-/m1/s1. The second-order valence-electron chi connectivity index (χ2n) is 7.42. The van der Waals surface area contributed by atoms with Crippen LogP contribution in [0.25, 0.3) is 0 Å². The summed E-state index contributed by atoms with van der Waals surface area (Å²) in [5.74, 6) is -0.177. The van der Waals surface area contributed by atoms with Gasteiger partial charge in [-0.05, 0) is 61.6 Å². The molecule has 1 aliphatic heterocycles. The van der Waals surface area contributed by atoms with Gasteiger partial charge in [-0.25, -0.2) is 0 Å². The lowest BCUT2D eigenvalue weighted by atomic mass is 10.0. The normalized spacial score (nSPS) is 19.7. The van der Waals surface area contributed by atoms with E-state index >= 15 is 0 Å². The number of anilines is 1. The Morgan fingerprint density at radius 2 is 1.77 bits per heavy atom. The zero-order chi connectivity index (χ0) is 18.3. The molecule has 134 valence electrons. The fourth-order valence-corrected chi connectivity index (χ4v) is 4.07. The number of hydrogen-bond acceptors (Lipinski definition) is 2. The van der Waals surface area contributed by atoms with Gasteiger partial charge in [-0.15, -0.1) is 0 Å². The van der Waals surface area contributed by atoms with E-state index in [0.717, 1.165) is 42.5 Å². The van der Waals surface area contributed by atoms with Crippen LogP contribution >= 0.6 is 0 Å². The van der Waals surface area contributed by atoms with Crippen LogP contribution in [0.4, 0.5) is 5.69 Å². The lowest BCUT2D eigenvalue weighted by molar-refractivity contribution is -0.123. The molecule has 1 aliphatic carbocycles. The molecule has 0 unspecified atom stereocenters. The van der Waals surface area contributed by atoms with E-state index in [1.54, 1.807) is 4.90 Å². The monoisotopic (exact) mass is 348 g/mol. The third kappa shape index (κ3) is 2.79. The van der Waals surface area contributed by atoms with Gasteiger partial charge < -0.3 is 5.32 Å². The van der Waals surface area contributed by atoms with E-state index in [2.05, 4.69) is 5.32 Å². The van der Waals surface area contributed by atoms with Crippen molar-refractivity contribution >= 4 is 17.5 Å². The quantitative estimate of drug-likeness (QED) is 0.909. The first kappa shape index (κ1) is 16.8. The molecule has 1 saturated carbocycles. The summed E-state index contributed by atoms with van der Waals surface area (Å²) in [5, 5.41) is 3.18. The van der Waals surface area contributed by atoms with Crippen LogP contribution in [-0.2, 0) is 4.79 Å². The fourth-order valence-electron chi connectivity index (χ4n) is 4.07. The minimum absolute atomic E-state index is 0.0755. The highest BCUT2D eigenvalue weighted by atomic mass is 16.2. The molecule has 2 amide bonds. The molecule has 1 fully saturated rings. The highest BCUT2D eigenvalue weighted by Crippen LogP contribution is 2.38. The van der Waals surface area contributed by atoms with Crippen LogP contribution in [0.5, 0.6) is 0 Å². The molecular formula is C22H24N2O2. The highest BCUT2D eigenvalue weighted by molar-refractivity contribution is 6.15. The van der Waals surface area contributed by atoms with E-state index < -0.39 is 6.04 Å². The van der Waals surface area contributed by atoms with Gasteiger partial charge in [0.1, 0.15) is 6.04 Å². The fraction of sp³-hybridized carbons (Fsp3) is 0.364. The van der Waals surface area contributed by atoms with Crippen LogP contribution < -0.4 is 10.2 Å². The summed E-state index contributed by atoms with van der Waals surface area (Å²) in [6, 6.07) is 13.0. The van der Waals surface area contributed by atoms with E-state index in [4.69, 9.17) is 0 Å². The predicted octanol–water partition coefficient (Wildman–Crippen LogP) is 4.06. The maximum absolute atomic E-state index is 13.1. The number of amides is 2. The van der Waals surface area contributed by atoms with Crippen molar-refractivity contribution in [3.63, 3.8) is 0 Å². The molecule has 1 atom stereocenters. The summed E-state index contributed by atoms with van der Waals surface area (Å²) < 4.78 is 0. The van der Waals surface area contributed by atoms with Gasteiger partial charge in [0.2, 0.25) is 5.91 Å². The number of fused-ring (bicyclic) bond motifs is 1. The first-order chi connectivity index (χ1) is 12.6. The average molecular weight is 348 g/mol. The largest absolute Gasteiger partial charge is 0.351 e. The molecule has 4 rings (SSSR count). The van der Waals surface area contributed by atoms with Gasteiger partial charge in [0.25, 0.3) is 5.91 Å². The molecule has 2 aromatic rings. The van der Waals surface area contributed by atoms with E-state index in [-0.39, 0.29) is 17.9 Å². The Morgan fingerprint density at radius 3 is 2.50 bits per heavy atom. The van der Waals surface area contributed by atoms with Crippen molar-refractivity contribution in [1.82, 2.24) is 5.32 Å². The highest BCUT2D eigenvalue weighted by Gasteiger charge is 2.42. The van der Waals surface area contributed by atoms with Crippen molar-refractivity contribution in [3.05, 3.63) is 64.7 Å². The van der Waals surface area contributed by atoms with E-state index in [0.29, 0.717) is 5.56 Å². The molecule has 0 aromatic heterocycles. The maximum atomic E-state index is 13.1.